The Morgan fingerprint density at radius 1 is 1.04 bits per heavy atom. The van der Waals surface area contributed by atoms with Crippen LogP contribution in [0.4, 0.5) is 10.1 Å². The summed E-state index contributed by atoms with van der Waals surface area (Å²) in [4.78, 5) is 11.9. The summed E-state index contributed by atoms with van der Waals surface area (Å²) in [6.07, 6.45) is 0. The molecule has 2 rings (SSSR count). The number of nitrogens with one attached hydrogen (secondary N) is 2. The molecule has 0 bridgehead atoms. The van der Waals surface area contributed by atoms with Crippen LogP contribution in [0.1, 0.15) is 10.4 Å². The van der Waals surface area contributed by atoms with Crippen LogP contribution in [0.25, 0.3) is 0 Å². The van der Waals surface area contributed by atoms with Gasteiger partial charge < -0.3 is 16.8 Å². The number of halogens is 1. The second kappa shape index (κ2) is 7.89. The van der Waals surface area contributed by atoms with Crippen LogP contribution >= 0.6 is 12.2 Å². The fraction of sp³-hybridized carbons (Fsp3) is 0. The molecule has 1 amide bonds. The number of nitrogens with zero attached hydrogens (tertiary/aromatic N) is 1. The van der Waals surface area contributed by atoms with E-state index in [0.29, 0.717) is 5.69 Å². The van der Waals surface area contributed by atoms with E-state index in [0.717, 1.165) is 12.1 Å². The van der Waals surface area contributed by atoms with E-state index >= 15 is 0 Å². The molecule has 2 aromatic rings. The molecule has 0 aliphatic heterocycles. The first kappa shape index (κ1) is 19.3. The molecule has 0 atom stereocenters. The van der Waals surface area contributed by atoms with Gasteiger partial charge in [-0.1, -0.05) is 0 Å². The number of hydrogen-bond donors (Lipinski definition) is 4. The Bertz CT molecular complexity index is 954. The molecule has 2 aromatic carbocycles. The molecule has 0 aliphatic carbocycles. The molecule has 0 saturated carbocycles. The third-order valence-electron chi connectivity index (χ3n) is 2.97. The lowest BCUT2D eigenvalue weighted by Crippen LogP contribution is -2.34. The lowest BCUT2D eigenvalue weighted by atomic mass is 10.2. The molecule has 0 aromatic heterocycles. The van der Waals surface area contributed by atoms with E-state index in [1.807, 2.05) is 0 Å². The van der Waals surface area contributed by atoms with Crippen LogP contribution in [0.15, 0.2) is 57.8 Å². The van der Waals surface area contributed by atoms with Crippen molar-refractivity contribution in [1.29, 1.82) is 0 Å². The van der Waals surface area contributed by atoms with Crippen LogP contribution in [-0.2, 0) is 10.0 Å². The van der Waals surface area contributed by atoms with Gasteiger partial charge in [-0.3, -0.25) is 10.1 Å². The largest absolute Gasteiger partial charge is 0.369 e. The van der Waals surface area contributed by atoms with E-state index in [1.165, 1.54) is 36.4 Å². The van der Waals surface area contributed by atoms with Crippen molar-refractivity contribution in [1.82, 2.24) is 5.32 Å². The molecule has 0 saturated heterocycles. The fourth-order valence-electron chi connectivity index (χ4n) is 1.84. The van der Waals surface area contributed by atoms with E-state index in [1.54, 1.807) is 0 Å². The second-order valence-electron chi connectivity index (χ2n) is 4.93. The van der Waals surface area contributed by atoms with Crippen LogP contribution in [0, 0.1) is 5.82 Å². The first-order valence-electron chi connectivity index (χ1n) is 7.01. The summed E-state index contributed by atoms with van der Waals surface area (Å²) >= 11 is 5.01. The standard InChI is InChI=1S/C15H14FN5O3S2/c16-10-3-1-9(2-4-10)13(22)20-15(25)19-11-5-7-12(8-6-11)26(23,24)21-14(17)18/h1-8H,(H4,17,18,21)(H2,19,20,22,25). The van der Waals surface area contributed by atoms with Crippen molar-refractivity contribution >= 4 is 44.9 Å². The molecule has 8 nitrogen and oxygen atoms in total. The Labute approximate surface area is 154 Å². The lowest BCUT2D eigenvalue weighted by molar-refractivity contribution is 0.0977. The van der Waals surface area contributed by atoms with E-state index in [-0.39, 0.29) is 15.6 Å². The Morgan fingerprint density at radius 3 is 2.15 bits per heavy atom. The van der Waals surface area contributed by atoms with Crippen molar-refractivity contribution in [3.05, 3.63) is 59.9 Å². The summed E-state index contributed by atoms with van der Waals surface area (Å²) in [5.41, 5.74) is 10.8. The van der Waals surface area contributed by atoms with Crippen LogP contribution in [0.2, 0.25) is 0 Å². The molecular formula is C15H14FN5O3S2. The topological polar surface area (TPSA) is 140 Å². The predicted molar refractivity (Wildman–Crippen MR) is 99.5 cm³/mol. The van der Waals surface area contributed by atoms with Gasteiger partial charge in [-0.2, -0.15) is 8.42 Å². The Kier molecular flexibility index (Phi) is 5.85. The van der Waals surface area contributed by atoms with E-state index in [4.69, 9.17) is 23.7 Å². The molecule has 6 N–H and O–H groups in total. The number of thiocarbonyl (C=S) groups is 1. The molecule has 0 heterocycles. The number of carbonyl (C=O) groups is 1. The highest BCUT2D eigenvalue weighted by atomic mass is 32.2. The first-order valence-corrected chi connectivity index (χ1v) is 8.86. The van der Waals surface area contributed by atoms with Gasteiger partial charge >= 0.3 is 0 Å². The summed E-state index contributed by atoms with van der Waals surface area (Å²) in [5.74, 6) is -1.55. The first-order chi connectivity index (χ1) is 12.2. The highest BCUT2D eigenvalue weighted by Gasteiger charge is 2.13. The molecule has 26 heavy (non-hydrogen) atoms. The maximum absolute atomic E-state index is 12.9. The van der Waals surface area contributed by atoms with Crippen molar-refractivity contribution in [3.63, 3.8) is 0 Å². The maximum atomic E-state index is 12.9. The van der Waals surface area contributed by atoms with Gasteiger partial charge in [-0.05, 0) is 60.7 Å². The summed E-state index contributed by atoms with van der Waals surface area (Å²) in [5, 5.41) is 5.13. The number of carbonyl (C=O) groups excluding carboxylic acids is 1. The SMILES string of the molecule is NC(N)=NS(=O)(=O)c1ccc(NC(=S)NC(=O)c2ccc(F)cc2)cc1. The number of sulfonamides is 1. The van der Waals surface area contributed by atoms with Gasteiger partial charge in [0.1, 0.15) is 5.82 Å². The van der Waals surface area contributed by atoms with Gasteiger partial charge in [0.2, 0.25) is 5.96 Å². The fourth-order valence-corrected chi connectivity index (χ4v) is 2.91. The highest BCUT2D eigenvalue weighted by molar-refractivity contribution is 7.90. The van der Waals surface area contributed by atoms with Gasteiger partial charge in [0.05, 0.1) is 4.90 Å². The van der Waals surface area contributed by atoms with Crippen LogP contribution in [0.3, 0.4) is 0 Å². The molecule has 0 fully saturated rings. The van der Waals surface area contributed by atoms with Gasteiger partial charge in [0, 0.05) is 11.3 Å². The molecular weight excluding hydrogens is 381 g/mol. The van der Waals surface area contributed by atoms with Crippen LogP contribution in [-0.4, -0.2) is 25.4 Å². The van der Waals surface area contributed by atoms with Gasteiger partial charge in [-0.15, -0.1) is 4.40 Å². The number of benzene rings is 2. The minimum atomic E-state index is -3.99. The summed E-state index contributed by atoms with van der Waals surface area (Å²) in [6, 6.07) is 10.3. The van der Waals surface area contributed by atoms with E-state index in [9.17, 15) is 17.6 Å². The number of rotatable bonds is 4. The Hall–Kier alpha value is -3.05. The smallest absolute Gasteiger partial charge is 0.285 e. The minimum absolute atomic E-state index is 0.0147. The van der Waals surface area contributed by atoms with Crippen molar-refractivity contribution in [2.24, 2.45) is 15.9 Å². The second-order valence-corrected chi connectivity index (χ2v) is 6.94. The van der Waals surface area contributed by atoms with Crippen molar-refractivity contribution < 1.29 is 17.6 Å². The summed E-state index contributed by atoms with van der Waals surface area (Å²) in [7, 11) is -3.99. The highest BCUT2D eigenvalue weighted by Crippen LogP contribution is 2.16. The normalized spacial score (nSPS) is 10.7. The molecule has 0 aliphatic rings. The molecule has 0 unspecified atom stereocenters. The quantitative estimate of drug-likeness (QED) is 0.343. The average Bonchev–Trinajstić information content (AvgIpc) is 2.54. The molecule has 136 valence electrons. The van der Waals surface area contributed by atoms with E-state index in [2.05, 4.69) is 15.0 Å². The maximum Gasteiger partial charge on any atom is 0.285 e. The third-order valence-corrected chi connectivity index (χ3v) is 4.49. The molecule has 11 heteroatoms. The van der Waals surface area contributed by atoms with Crippen molar-refractivity contribution in [2.45, 2.75) is 4.90 Å². The third kappa shape index (κ3) is 5.22. The van der Waals surface area contributed by atoms with Gasteiger partial charge in [0.15, 0.2) is 5.11 Å². The van der Waals surface area contributed by atoms with E-state index < -0.39 is 27.7 Å². The number of hydrogen-bond acceptors (Lipinski definition) is 4. The number of nitrogens with two attached hydrogens (primary N) is 2. The van der Waals surface area contributed by atoms with Crippen molar-refractivity contribution in [3.8, 4) is 0 Å². The Balaban J connectivity index is 2.02. The zero-order valence-corrected chi connectivity index (χ0v) is 14.8. The zero-order chi connectivity index (χ0) is 19.3. The van der Waals surface area contributed by atoms with Gasteiger partial charge in [-0.25, -0.2) is 4.39 Å². The predicted octanol–water partition coefficient (Wildman–Crippen LogP) is 0.915. The van der Waals surface area contributed by atoms with Crippen LogP contribution in [0.5, 0.6) is 0 Å². The number of guanidine groups is 1. The average molecular weight is 395 g/mol. The minimum Gasteiger partial charge on any atom is -0.369 e. The van der Waals surface area contributed by atoms with Gasteiger partial charge in [0.25, 0.3) is 15.9 Å². The number of amides is 1. The zero-order valence-electron chi connectivity index (χ0n) is 13.1. The Morgan fingerprint density at radius 2 is 1.62 bits per heavy atom. The lowest BCUT2D eigenvalue weighted by Gasteiger charge is -2.10. The van der Waals surface area contributed by atoms with Crippen LogP contribution < -0.4 is 22.1 Å². The molecule has 0 radical (unpaired) electrons. The monoisotopic (exact) mass is 395 g/mol. The number of anilines is 1. The summed E-state index contributed by atoms with van der Waals surface area (Å²) in [6.45, 7) is 0. The van der Waals surface area contributed by atoms with Crippen molar-refractivity contribution in [2.75, 3.05) is 5.32 Å². The summed E-state index contributed by atoms with van der Waals surface area (Å²) < 4.78 is 39.7. The molecule has 0 spiro atoms.